The SMILES string of the molecule is CCN(C(=O)CC(=O)Nc1ccccc1C(C)C)c1ccccc1. The van der Waals surface area contributed by atoms with E-state index in [-0.39, 0.29) is 18.2 Å². The predicted octanol–water partition coefficient (Wildman–Crippen LogP) is 4.19. The zero-order valence-electron chi connectivity index (χ0n) is 14.5. The van der Waals surface area contributed by atoms with Crippen LogP contribution >= 0.6 is 0 Å². The smallest absolute Gasteiger partial charge is 0.236 e. The number of hydrogen-bond acceptors (Lipinski definition) is 2. The molecule has 24 heavy (non-hydrogen) atoms. The van der Waals surface area contributed by atoms with Crippen molar-refractivity contribution in [2.75, 3.05) is 16.8 Å². The topological polar surface area (TPSA) is 49.4 Å². The first-order valence-corrected chi connectivity index (χ1v) is 8.27. The van der Waals surface area contributed by atoms with Crippen molar-refractivity contribution in [1.82, 2.24) is 0 Å². The minimum absolute atomic E-state index is 0.171. The summed E-state index contributed by atoms with van der Waals surface area (Å²) in [6, 6.07) is 17.1. The summed E-state index contributed by atoms with van der Waals surface area (Å²) < 4.78 is 0. The molecular formula is C20H24N2O2. The van der Waals surface area contributed by atoms with E-state index in [2.05, 4.69) is 19.2 Å². The van der Waals surface area contributed by atoms with Crippen LogP contribution in [-0.2, 0) is 9.59 Å². The van der Waals surface area contributed by atoms with Crippen LogP contribution in [-0.4, -0.2) is 18.4 Å². The van der Waals surface area contributed by atoms with E-state index in [0.29, 0.717) is 12.5 Å². The molecule has 0 aromatic heterocycles. The van der Waals surface area contributed by atoms with Crippen LogP contribution in [0.2, 0.25) is 0 Å². The van der Waals surface area contributed by atoms with Crippen molar-refractivity contribution >= 4 is 23.2 Å². The Labute approximate surface area is 143 Å². The lowest BCUT2D eigenvalue weighted by Crippen LogP contribution is -2.33. The summed E-state index contributed by atoms with van der Waals surface area (Å²) in [5.74, 6) is -0.195. The Morgan fingerprint density at radius 2 is 1.62 bits per heavy atom. The number of rotatable bonds is 6. The van der Waals surface area contributed by atoms with Crippen LogP contribution in [0.25, 0.3) is 0 Å². The number of carbonyl (C=O) groups excluding carboxylic acids is 2. The molecule has 2 rings (SSSR count). The van der Waals surface area contributed by atoms with E-state index in [1.54, 1.807) is 4.90 Å². The van der Waals surface area contributed by atoms with Crippen LogP contribution in [0, 0.1) is 0 Å². The molecule has 2 aromatic rings. The number of para-hydroxylation sites is 2. The van der Waals surface area contributed by atoms with Crippen LogP contribution in [0.15, 0.2) is 54.6 Å². The molecule has 2 aromatic carbocycles. The van der Waals surface area contributed by atoms with Gasteiger partial charge < -0.3 is 10.2 Å². The molecule has 0 saturated heterocycles. The first kappa shape index (κ1) is 17.7. The molecule has 0 bridgehead atoms. The molecule has 126 valence electrons. The average Bonchev–Trinajstić information content (AvgIpc) is 2.56. The average molecular weight is 324 g/mol. The second-order valence-electron chi connectivity index (χ2n) is 5.94. The molecule has 0 atom stereocenters. The van der Waals surface area contributed by atoms with E-state index in [9.17, 15) is 9.59 Å². The third kappa shape index (κ3) is 4.44. The summed E-state index contributed by atoms with van der Waals surface area (Å²) in [4.78, 5) is 26.4. The van der Waals surface area contributed by atoms with E-state index in [0.717, 1.165) is 16.9 Å². The third-order valence-electron chi connectivity index (χ3n) is 3.85. The highest BCUT2D eigenvalue weighted by atomic mass is 16.2. The molecule has 0 heterocycles. The van der Waals surface area contributed by atoms with Crippen LogP contribution in [0.5, 0.6) is 0 Å². The molecule has 1 N–H and O–H groups in total. The van der Waals surface area contributed by atoms with Crippen LogP contribution in [0.4, 0.5) is 11.4 Å². The first-order chi connectivity index (χ1) is 11.5. The summed E-state index contributed by atoms with van der Waals surface area (Å²) in [6.45, 7) is 6.57. The highest BCUT2D eigenvalue weighted by Gasteiger charge is 2.18. The van der Waals surface area contributed by atoms with E-state index < -0.39 is 0 Å². The lowest BCUT2D eigenvalue weighted by molar-refractivity contribution is -0.125. The van der Waals surface area contributed by atoms with Gasteiger partial charge in [0.25, 0.3) is 0 Å². The van der Waals surface area contributed by atoms with Crippen LogP contribution in [0.3, 0.4) is 0 Å². The Kier molecular flexibility index (Phi) is 6.13. The highest BCUT2D eigenvalue weighted by Crippen LogP contribution is 2.24. The molecule has 0 radical (unpaired) electrons. The first-order valence-electron chi connectivity index (χ1n) is 8.27. The largest absolute Gasteiger partial charge is 0.325 e. The fraction of sp³-hybridized carbons (Fsp3) is 0.300. The molecule has 4 heteroatoms. The number of nitrogens with zero attached hydrogens (tertiary/aromatic N) is 1. The number of benzene rings is 2. The van der Waals surface area contributed by atoms with Gasteiger partial charge in [-0.3, -0.25) is 9.59 Å². The van der Waals surface area contributed by atoms with E-state index in [4.69, 9.17) is 0 Å². The van der Waals surface area contributed by atoms with Crippen molar-refractivity contribution in [3.63, 3.8) is 0 Å². The quantitative estimate of drug-likeness (QED) is 0.810. The Morgan fingerprint density at radius 1 is 1.00 bits per heavy atom. The summed E-state index contributed by atoms with van der Waals surface area (Å²) in [6.07, 6.45) is -0.171. The van der Waals surface area contributed by atoms with Gasteiger partial charge in [0.15, 0.2) is 0 Å². The minimum Gasteiger partial charge on any atom is -0.325 e. The van der Waals surface area contributed by atoms with E-state index in [1.807, 2.05) is 61.5 Å². The molecule has 2 amide bonds. The highest BCUT2D eigenvalue weighted by molar-refractivity contribution is 6.09. The molecule has 4 nitrogen and oxygen atoms in total. The van der Waals surface area contributed by atoms with Crippen molar-refractivity contribution in [2.45, 2.75) is 33.1 Å². The van der Waals surface area contributed by atoms with Crippen molar-refractivity contribution in [2.24, 2.45) is 0 Å². The predicted molar refractivity (Wildman–Crippen MR) is 98.2 cm³/mol. The maximum atomic E-state index is 12.5. The molecule has 0 aliphatic heterocycles. The number of amides is 2. The standard InChI is InChI=1S/C20H24N2O2/c1-4-22(16-10-6-5-7-11-16)20(24)14-19(23)21-18-13-9-8-12-17(18)15(2)3/h5-13,15H,4,14H2,1-3H3,(H,21,23). The van der Waals surface area contributed by atoms with Crippen molar-refractivity contribution in [3.8, 4) is 0 Å². The lowest BCUT2D eigenvalue weighted by atomic mass is 10.0. The Morgan fingerprint density at radius 3 is 2.25 bits per heavy atom. The molecule has 0 unspecified atom stereocenters. The number of anilines is 2. The number of nitrogens with one attached hydrogen (secondary N) is 1. The fourth-order valence-corrected chi connectivity index (χ4v) is 2.65. The Balaban J connectivity index is 2.05. The number of carbonyl (C=O) groups is 2. The molecule has 0 aliphatic rings. The molecule has 0 fully saturated rings. The van der Waals surface area contributed by atoms with Gasteiger partial charge in [0.2, 0.25) is 11.8 Å². The van der Waals surface area contributed by atoms with Crippen LogP contribution in [0.1, 0.15) is 38.7 Å². The maximum Gasteiger partial charge on any atom is 0.236 e. The zero-order chi connectivity index (χ0) is 17.5. The van der Waals surface area contributed by atoms with Gasteiger partial charge in [-0.2, -0.15) is 0 Å². The van der Waals surface area contributed by atoms with Gasteiger partial charge in [-0.1, -0.05) is 50.2 Å². The van der Waals surface area contributed by atoms with Gasteiger partial charge in [0.1, 0.15) is 6.42 Å². The van der Waals surface area contributed by atoms with Gasteiger partial charge in [-0.25, -0.2) is 0 Å². The van der Waals surface area contributed by atoms with Crippen molar-refractivity contribution in [3.05, 3.63) is 60.2 Å². The summed E-state index contributed by atoms with van der Waals surface area (Å²) in [5, 5.41) is 2.87. The van der Waals surface area contributed by atoms with Gasteiger partial charge in [0, 0.05) is 17.9 Å². The molecular weight excluding hydrogens is 300 g/mol. The molecule has 0 aliphatic carbocycles. The Hall–Kier alpha value is -2.62. The third-order valence-corrected chi connectivity index (χ3v) is 3.85. The molecule has 0 saturated carbocycles. The number of hydrogen-bond donors (Lipinski definition) is 1. The van der Waals surface area contributed by atoms with E-state index >= 15 is 0 Å². The second kappa shape index (κ2) is 8.29. The summed E-state index contributed by atoms with van der Waals surface area (Å²) >= 11 is 0. The zero-order valence-corrected chi connectivity index (χ0v) is 14.5. The monoisotopic (exact) mass is 324 g/mol. The lowest BCUT2D eigenvalue weighted by Gasteiger charge is -2.21. The van der Waals surface area contributed by atoms with Gasteiger partial charge in [-0.05, 0) is 36.6 Å². The minimum atomic E-state index is -0.289. The van der Waals surface area contributed by atoms with Gasteiger partial charge in [-0.15, -0.1) is 0 Å². The van der Waals surface area contributed by atoms with Crippen LogP contribution < -0.4 is 10.2 Å². The second-order valence-corrected chi connectivity index (χ2v) is 5.94. The molecule has 0 spiro atoms. The summed E-state index contributed by atoms with van der Waals surface area (Å²) in [5.41, 5.74) is 2.64. The van der Waals surface area contributed by atoms with Crippen molar-refractivity contribution < 1.29 is 9.59 Å². The fourth-order valence-electron chi connectivity index (χ4n) is 2.65. The van der Waals surface area contributed by atoms with Gasteiger partial charge in [0.05, 0.1) is 0 Å². The van der Waals surface area contributed by atoms with E-state index in [1.165, 1.54) is 0 Å². The van der Waals surface area contributed by atoms with Crippen molar-refractivity contribution in [1.29, 1.82) is 0 Å². The normalized spacial score (nSPS) is 10.5. The van der Waals surface area contributed by atoms with Gasteiger partial charge >= 0.3 is 0 Å². The Bertz CT molecular complexity index is 696. The summed E-state index contributed by atoms with van der Waals surface area (Å²) in [7, 11) is 0. The maximum absolute atomic E-state index is 12.5.